The lowest BCUT2D eigenvalue weighted by molar-refractivity contribution is 0.358. The molecule has 6 heteroatoms. The van der Waals surface area contributed by atoms with Crippen LogP contribution in [0.5, 0.6) is 0 Å². The summed E-state index contributed by atoms with van der Waals surface area (Å²) in [5.41, 5.74) is 0.386. The summed E-state index contributed by atoms with van der Waals surface area (Å²) in [4.78, 5) is 4.26. The molecule has 0 amide bonds. The number of aromatic nitrogens is 2. The van der Waals surface area contributed by atoms with Gasteiger partial charge in [-0.05, 0) is 37.6 Å². The molecule has 1 aromatic carbocycles. The van der Waals surface area contributed by atoms with Gasteiger partial charge in [0, 0.05) is 6.42 Å². The van der Waals surface area contributed by atoms with Gasteiger partial charge in [-0.2, -0.15) is 4.98 Å². The first-order chi connectivity index (χ1) is 8.83. The summed E-state index contributed by atoms with van der Waals surface area (Å²) in [6, 6.07) is 6.45. The Morgan fingerprint density at radius 2 is 2.21 bits per heavy atom. The number of nitrogens with zero attached hydrogens (tertiary/aromatic N) is 2. The molecule has 1 aliphatic heterocycles. The van der Waals surface area contributed by atoms with Gasteiger partial charge in [0.2, 0.25) is 11.7 Å². The van der Waals surface area contributed by atoms with Gasteiger partial charge in [-0.25, -0.2) is 4.39 Å². The Hall–Kier alpha value is -1.46. The van der Waals surface area contributed by atoms with E-state index in [0.717, 1.165) is 25.9 Å². The monoisotopic (exact) mass is 283 g/mol. The largest absolute Gasteiger partial charge is 0.339 e. The predicted molar refractivity (Wildman–Crippen MR) is 71.6 cm³/mol. The van der Waals surface area contributed by atoms with Crippen LogP contribution in [0.3, 0.4) is 0 Å². The fourth-order valence-corrected chi connectivity index (χ4v) is 2.23. The molecule has 0 saturated carbocycles. The Morgan fingerprint density at radius 1 is 1.37 bits per heavy atom. The minimum absolute atomic E-state index is 0. The van der Waals surface area contributed by atoms with Crippen molar-refractivity contribution in [3.8, 4) is 11.4 Å². The van der Waals surface area contributed by atoms with Crippen LogP contribution in [0.2, 0.25) is 0 Å². The van der Waals surface area contributed by atoms with Gasteiger partial charge in [0.25, 0.3) is 0 Å². The lowest BCUT2D eigenvalue weighted by atomic mass is 10.1. The van der Waals surface area contributed by atoms with Crippen molar-refractivity contribution in [1.29, 1.82) is 0 Å². The SMILES string of the molecule is Cl.Fc1ccccc1-c1noc(CC2CCNC2)n1. The number of hydrogen-bond donors (Lipinski definition) is 1. The Bertz CT molecular complexity index is 540. The third kappa shape index (κ3) is 3.11. The molecule has 0 aliphatic carbocycles. The van der Waals surface area contributed by atoms with Gasteiger partial charge >= 0.3 is 0 Å². The molecule has 0 spiro atoms. The molecule has 1 atom stereocenters. The maximum atomic E-state index is 13.6. The normalized spacial score (nSPS) is 18.3. The minimum Gasteiger partial charge on any atom is -0.339 e. The molecule has 1 unspecified atom stereocenters. The third-order valence-electron chi connectivity index (χ3n) is 3.21. The van der Waals surface area contributed by atoms with E-state index in [-0.39, 0.29) is 18.2 Å². The second-order valence-corrected chi connectivity index (χ2v) is 4.55. The smallest absolute Gasteiger partial charge is 0.227 e. The average Bonchev–Trinajstić information content (AvgIpc) is 3.02. The zero-order valence-electron chi connectivity index (χ0n) is 10.3. The molecule has 2 heterocycles. The van der Waals surface area contributed by atoms with E-state index in [9.17, 15) is 4.39 Å². The summed E-state index contributed by atoms with van der Waals surface area (Å²) < 4.78 is 18.7. The summed E-state index contributed by atoms with van der Waals surface area (Å²) in [6.07, 6.45) is 1.88. The number of rotatable bonds is 3. The van der Waals surface area contributed by atoms with E-state index in [0.29, 0.717) is 23.2 Å². The average molecular weight is 284 g/mol. The van der Waals surface area contributed by atoms with Gasteiger partial charge in [0.1, 0.15) is 5.82 Å². The summed E-state index contributed by atoms with van der Waals surface area (Å²) in [7, 11) is 0. The second-order valence-electron chi connectivity index (χ2n) is 4.55. The fraction of sp³-hybridized carbons (Fsp3) is 0.385. The van der Waals surface area contributed by atoms with Crippen molar-refractivity contribution in [2.45, 2.75) is 12.8 Å². The van der Waals surface area contributed by atoms with Crippen molar-refractivity contribution < 1.29 is 8.91 Å². The molecule has 0 bridgehead atoms. The lowest BCUT2D eigenvalue weighted by Gasteiger charge is -2.01. The van der Waals surface area contributed by atoms with Crippen LogP contribution in [-0.2, 0) is 6.42 Å². The Labute approximate surface area is 116 Å². The molecule has 3 rings (SSSR count). The van der Waals surface area contributed by atoms with E-state index >= 15 is 0 Å². The van der Waals surface area contributed by atoms with Crippen LogP contribution in [-0.4, -0.2) is 23.2 Å². The number of halogens is 2. The van der Waals surface area contributed by atoms with Gasteiger partial charge in [-0.3, -0.25) is 0 Å². The minimum atomic E-state index is -0.326. The van der Waals surface area contributed by atoms with E-state index in [1.165, 1.54) is 6.07 Å². The summed E-state index contributed by atoms with van der Waals surface area (Å²) >= 11 is 0. The first kappa shape index (κ1) is 14.0. The van der Waals surface area contributed by atoms with Crippen LogP contribution >= 0.6 is 12.4 Å². The number of hydrogen-bond acceptors (Lipinski definition) is 4. The molecule has 102 valence electrons. The highest BCUT2D eigenvalue weighted by molar-refractivity contribution is 5.85. The highest BCUT2D eigenvalue weighted by Gasteiger charge is 2.19. The molecule has 1 aromatic heterocycles. The van der Waals surface area contributed by atoms with Crippen molar-refractivity contribution >= 4 is 12.4 Å². The first-order valence-corrected chi connectivity index (χ1v) is 6.11. The molecular formula is C13H15ClFN3O. The molecule has 2 aromatic rings. The van der Waals surface area contributed by atoms with Crippen LogP contribution in [0.4, 0.5) is 4.39 Å². The maximum absolute atomic E-state index is 13.6. The maximum Gasteiger partial charge on any atom is 0.227 e. The molecular weight excluding hydrogens is 269 g/mol. The van der Waals surface area contributed by atoms with Crippen LogP contribution in [0.25, 0.3) is 11.4 Å². The molecule has 1 fully saturated rings. The molecule has 1 N–H and O–H groups in total. The first-order valence-electron chi connectivity index (χ1n) is 6.11. The van der Waals surface area contributed by atoms with Crippen molar-refractivity contribution in [2.24, 2.45) is 5.92 Å². The van der Waals surface area contributed by atoms with Crippen molar-refractivity contribution in [3.63, 3.8) is 0 Å². The molecule has 19 heavy (non-hydrogen) atoms. The Balaban J connectivity index is 0.00000133. The van der Waals surface area contributed by atoms with E-state index in [2.05, 4.69) is 15.5 Å². The van der Waals surface area contributed by atoms with Crippen molar-refractivity contribution in [3.05, 3.63) is 36.0 Å². The zero-order valence-corrected chi connectivity index (χ0v) is 11.1. The van der Waals surface area contributed by atoms with Crippen molar-refractivity contribution in [2.75, 3.05) is 13.1 Å². The van der Waals surface area contributed by atoms with Crippen molar-refractivity contribution in [1.82, 2.24) is 15.5 Å². The zero-order chi connectivity index (χ0) is 12.4. The van der Waals surface area contributed by atoms with Crippen LogP contribution < -0.4 is 5.32 Å². The standard InChI is InChI=1S/C13H14FN3O.ClH/c14-11-4-2-1-3-10(11)13-16-12(18-17-13)7-9-5-6-15-8-9;/h1-4,9,15H,5-8H2;1H. The summed E-state index contributed by atoms with van der Waals surface area (Å²) in [5, 5.41) is 7.13. The molecule has 0 radical (unpaired) electrons. The fourth-order valence-electron chi connectivity index (χ4n) is 2.23. The summed E-state index contributed by atoms with van der Waals surface area (Å²) in [6.45, 7) is 2.02. The van der Waals surface area contributed by atoms with E-state index in [1.54, 1.807) is 18.2 Å². The van der Waals surface area contributed by atoms with Gasteiger partial charge in [-0.15, -0.1) is 12.4 Å². The van der Waals surface area contributed by atoms with E-state index < -0.39 is 0 Å². The summed E-state index contributed by atoms with van der Waals surface area (Å²) in [5.74, 6) is 1.13. The number of benzene rings is 1. The highest BCUT2D eigenvalue weighted by atomic mass is 35.5. The van der Waals surface area contributed by atoms with Gasteiger partial charge < -0.3 is 9.84 Å². The van der Waals surface area contributed by atoms with Crippen LogP contribution in [0, 0.1) is 11.7 Å². The van der Waals surface area contributed by atoms with Gasteiger partial charge in [-0.1, -0.05) is 17.3 Å². The lowest BCUT2D eigenvalue weighted by Crippen LogP contribution is -2.10. The molecule has 1 aliphatic rings. The quantitative estimate of drug-likeness (QED) is 0.940. The predicted octanol–water partition coefficient (Wildman–Crippen LogP) is 2.45. The molecule has 1 saturated heterocycles. The van der Waals surface area contributed by atoms with Gasteiger partial charge in [0.05, 0.1) is 5.56 Å². The van der Waals surface area contributed by atoms with Gasteiger partial charge in [0.15, 0.2) is 0 Å². The highest BCUT2D eigenvalue weighted by Crippen LogP contribution is 2.21. The Kier molecular flexibility index (Phi) is 4.50. The topological polar surface area (TPSA) is 51.0 Å². The third-order valence-corrected chi connectivity index (χ3v) is 3.21. The molecule has 4 nitrogen and oxygen atoms in total. The number of nitrogens with one attached hydrogen (secondary N) is 1. The van der Waals surface area contributed by atoms with E-state index in [4.69, 9.17) is 4.52 Å². The van der Waals surface area contributed by atoms with E-state index in [1.807, 2.05) is 0 Å². The second kappa shape index (κ2) is 6.12. The Morgan fingerprint density at radius 3 is 2.95 bits per heavy atom. The van der Waals surface area contributed by atoms with Crippen LogP contribution in [0.1, 0.15) is 12.3 Å². The van der Waals surface area contributed by atoms with Crippen LogP contribution in [0.15, 0.2) is 28.8 Å².